The molecule has 0 bridgehead atoms. The van der Waals surface area contributed by atoms with Gasteiger partial charge in [0.15, 0.2) is 11.5 Å². The second-order valence-corrected chi connectivity index (χ2v) is 6.76. The van der Waals surface area contributed by atoms with E-state index >= 15 is 0 Å². The maximum Gasteiger partial charge on any atom is 0.343 e. The summed E-state index contributed by atoms with van der Waals surface area (Å²) in [6.45, 7) is 0. The smallest absolute Gasteiger partial charge is 0.343 e. The molecular weight excluding hydrogens is 418 g/mol. The molecule has 0 aliphatic carbocycles. The molecule has 0 saturated carbocycles. The van der Waals surface area contributed by atoms with E-state index in [0.29, 0.717) is 22.6 Å². The Bertz CT molecular complexity index is 1050. The van der Waals surface area contributed by atoms with E-state index in [-0.39, 0.29) is 0 Å². The summed E-state index contributed by atoms with van der Waals surface area (Å²) in [6, 6.07) is 23.7. The Kier molecular flexibility index (Phi) is 6.25. The third-order valence-electron chi connectivity index (χ3n) is 3.99. The van der Waals surface area contributed by atoms with Crippen molar-refractivity contribution < 1.29 is 14.3 Å². The van der Waals surface area contributed by atoms with Crippen LogP contribution in [0.25, 0.3) is 11.6 Å². The monoisotopic (exact) mass is 433 g/mol. The van der Waals surface area contributed by atoms with Gasteiger partial charge in [-0.3, -0.25) is 0 Å². The molecule has 5 heteroatoms. The topological polar surface area (TPSA) is 59.3 Å². The molecule has 0 aliphatic heterocycles. The number of nitrogens with zero attached hydrogens (tertiary/aromatic N) is 1. The van der Waals surface area contributed by atoms with Crippen molar-refractivity contribution in [3.8, 4) is 17.6 Å². The number of halogens is 1. The molecule has 0 aromatic heterocycles. The van der Waals surface area contributed by atoms with Crippen LogP contribution in [0.4, 0.5) is 0 Å². The fraction of sp³-hybridized carbons (Fsp3) is 0.0435. The van der Waals surface area contributed by atoms with Gasteiger partial charge in [-0.05, 0) is 53.6 Å². The van der Waals surface area contributed by atoms with E-state index in [1.165, 1.54) is 7.11 Å². The molecule has 0 spiro atoms. The van der Waals surface area contributed by atoms with E-state index in [1.807, 2.05) is 30.3 Å². The van der Waals surface area contributed by atoms with Gasteiger partial charge >= 0.3 is 5.97 Å². The zero-order valence-corrected chi connectivity index (χ0v) is 16.6. The van der Waals surface area contributed by atoms with Crippen LogP contribution in [0.15, 0.2) is 77.3 Å². The molecule has 0 amide bonds. The quantitative estimate of drug-likeness (QED) is 0.222. The third kappa shape index (κ3) is 4.67. The second-order valence-electron chi connectivity index (χ2n) is 5.84. The van der Waals surface area contributed by atoms with Crippen LogP contribution < -0.4 is 9.47 Å². The SMILES string of the molecule is COc1cc(/C=C(/C#N)c2ccccc2)ccc1OC(=O)c1ccc(Br)cc1. The van der Waals surface area contributed by atoms with Crippen molar-refractivity contribution >= 4 is 33.5 Å². The first-order valence-electron chi connectivity index (χ1n) is 8.43. The van der Waals surface area contributed by atoms with E-state index in [2.05, 4.69) is 22.0 Å². The number of esters is 1. The van der Waals surface area contributed by atoms with Crippen molar-refractivity contribution in [2.75, 3.05) is 7.11 Å². The van der Waals surface area contributed by atoms with Gasteiger partial charge in [0, 0.05) is 4.47 Å². The van der Waals surface area contributed by atoms with Gasteiger partial charge < -0.3 is 9.47 Å². The maximum absolute atomic E-state index is 12.3. The first kappa shape index (κ1) is 19.4. The molecule has 0 aliphatic rings. The van der Waals surface area contributed by atoms with E-state index in [4.69, 9.17) is 9.47 Å². The first-order chi connectivity index (χ1) is 13.6. The first-order valence-corrected chi connectivity index (χ1v) is 9.23. The molecule has 3 aromatic carbocycles. The van der Waals surface area contributed by atoms with Gasteiger partial charge in [-0.2, -0.15) is 5.26 Å². The van der Waals surface area contributed by atoms with Gasteiger partial charge in [0.1, 0.15) is 0 Å². The van der Waals surface area contributed by atoms with Crippen molar-refractivity contribution in [2.45, 2.75) is 0 Å². The molecule has 0 atom stereocenters. The summed E-state index contributed by atoms with van der Waals surface area (Å²) in [7, 11) is 1.50. The molecule has 4 nitrogen and oxygen atoms in total. The van der Waals surface area contributed by atoms with E-state index < -0.39 is 5.97 Å². The standard InChI is InChI=1S/C23H16BrNO3/c1-27-22-14-16(13-19(15-25)17-5-3-2-4-6-17)7-12-21(22)28-23(26)18-8-10-20(24)11-9-18/h2-14H,1H3/b19-13-. The minimum absolute atomic E-state index is 0.311. The van der Waals surface area contributed by atoms with E-state index in [9.17, 15) is 10.1 Å². The van der Waals surface area contributed by atoms with Crippen LogP contribution in [0.5, 0.6) is 11.5 Å². The van der Waals surface area contributed by atoms with E-state index in [1.54, 1.807) is 48.5 Å². The lowest BCUT2D eigenvalue weighted by molar-refractivity contribution is 0.0729. The summed E-state index contributed by atoms with van der Waals surface area (Å²) >= 11 is 3.33. The highest BCUT2D eigenvalue weighted by molar-refractivity contribution is 9.10. The summed E-state index contributed by atoms with van der Waals surface area (Å²) < 4.78 is 11.7. The van der Waals surface area contributed by atoms with Gasteiger partial charge in [-0.1, -0.05) is 52.3 Å². The number of ether oxygens (including phenoxy) is 2. The molecule has 0 heterocycles. The lowest BCUT2D eigenvalue weighted by Crippen LogP contribution is -2.09. The zero-order chi connectivity index (χ0) is 19.9. The van der Waals surface area contributed by atoms with Crippen LogP contribution in [0.2, 0.25) is 0 Å². The van der Waals surface area contributed by atoms with Gasteiger partial charge in [-0.25, -0.2) is 4.79 Å². The Morgan fingerprint density at radius 3 is 2.32 bits per heavy atom. The summed E-state index contributed by atoms with van der Waals surface area (Å²) in [5.74, 6) is 0.242. The summed E-state index contributed by atoms with van der Waals surface area (Å²) in [5.41, 5.74) is 2.56. The summed E-state index contributed by atoms with van der Waals surface area (Å²) in [5, 5.41) is 9.46. The predicted molar refractivity (Wildman–Crippen MR) is 112 cm³/mol. The highest BCUT2D eigenvalue weighted by atomic mass is 79.9. The molecule has 138 valence electrons. The van der Waals surface area contributed by atoms with Crippen LogP contribution in [0, 0.1) is 11.3 Å². The van der Waals surface area contributed by atoms with Gasteiger partial charge in [-0.15, -0.1) is 0 Å². The molecule has 3 aromatic rings. The second kappa shape index (κ2) is 9.03. The average Bonchev–Trinajstić information content (AvgIpc) is 2.74. The van der Waals surface area contributed by atoms with Gasteiger partial charge in [0.2, 0.25) is 0 Å². The largest absolute Gasteiger partial charge is 0.493 e. The Hall–Kier alpha value is -3.36. The summed E-state index contributed by atoms with van der Waals surface area (Å²) in [4.78, 5) is 12.3. The molecule has 0 N–H and O–H groups in total. The third-order valence-corrected chi connectivity index (χ3v) is 4.52. The normalized spacial score (nSPS) is 10.8. The Balaban J connectivity index is 1.86. The molecule has 0 saturated heterocycles. The van der Waals surface area contributed by atoms with Crippen molar-refractivity contribution in [1.29, 1.82) is 5.26 Å². The fourth-order valence-electron chi connectivity index (χ4n) is 2.57. The number of methoxy groups -OCH3 is 1. The molecule has 0 unspecified atom stereocenters. The molecule has 28 heavy (non-hydrogen) atoms. The van der Waals surface area contributed by atoms with Crippen LogP contribution in [-0.2, 0) is 0 Å². The number of hydrogen-bond acceptors (Lipinski definition) is 4. The predicted octanol–water partition coefficient (Wildman–Crippen LogP) is 5.74. The van der Waals surface area contributed by atoms with Crippen molar-refractivity contribution in [2.24, 2.45) is 0 Å². The molecule has 0 fully saturated rings. The number of hydrogen-bond donors (Lipinski definition) is 0. The van der Waals surface area contributed by atoms with Crippen LogP contribution in [0.3, 0.4) is 0 Å². The molecule has 3 rings (SSSR count). The van der Waals surface area contributed by atoms with Crippen LogP contribution in [-0.4, -0.2) is 13.1 Å². The minimum Gasteiger partial charge on any atom is -0.493 e. The Morgan fingerprint density at radius 2 is 1.68 bits per heavy atom. The Labute approximate surface area is 171 Å². The van der Waals surface area contributed by atoms with Crippen molar-refractivity contribution in [1.82, 2.24) is 0 Å². The van der Waals surface area contributed by atoms with Crippen LogP contribution in [0.1, 0.15) is 21.5 Å². The molecular formula is C23H16BrNO3. The number of allylic oxidation sites excluding steroid dienone is 1. The van der Waals surface area contributed by atoms with Gasteiger partial charge in [0.05, 0.1) is 24.3 Å². The lowest BCUT2D eigenvalue weighted by Gasteiger charge is -2.10. The highest BCUT2D eigenvalue weighted by Gasteiger charge is 2.13. The maximum atomic E-state index is 12.3. The molecule has 0 radical (unpaired) electrons. The van der Waals surface area contributed by atoms with Crippen molar-refractivity contribution in [3.63, 3.8) is 0 Å². The number of benzene rings is 3. The highest BCUT2D eigenvalue weighted by Crippen LogP contribution is 2.30. The fourth-order valence-corrected chi connectivity index (χ4v) is 2.83. The number of rotatable bonds is 5. The van der Waals surface area contributed by atoms with Gasteiger partial charge in [0.25, 0.3) is 0 Å². The van der Waals surface area contributed by atoms with E-state index in [0.717, 1.165) is 15.6 Å². The number of carbonyl (C=O) groups excluding carboxylic acids is 1. The lowest BCUT2D eigenvalue weighted by atomic mass is 10.0. The average molecular weight is 434 g/mol. The van der Waals surface area contributed by atoms with Crippen LogP contribution >= 0.6 is 15.9 Å². The summed E-state index contributed by atoms with van der Waals surface area (Å²) in [6.07, 6.45) is 1.76. The Morgan fingerprint density at radius 1 is 0.964 bits per heavy atom. The zero-order valence-electron chi connectivity index (χ0n) is 15.1. The number of carbonyl (C=O) groups is 1. The van der Waals surface area contributed by atoms with Crippen molar-refractivity contribution in [3.05, 3.63) is 94.0 Å². The number of nitriles is 1. The minimum atomic E-state index is -0.476.